The molecular weight excluding hydrogens is 208 g/mol. The van der Waals surface area contributed by atoms with E-state index in [1.54, 1.807) is 0 Å². The van der Waals surface area contributed by atoms with Crippen molar-refractivity contribution in [2.24, 2.45) is 11.3 Å². The number of rotatable bonds is 3. The Morgan fingerprint density at radius 2 is 1.71 bits per heavy atom. The summed E-state index contributed by atoms with van der Waals surface area (Å²) in [5, 5.41) is 3.48. The van der Waals surface area contributed by atoms with Crippen molar-refractivity contribution in [3.05, 3.63) is 0 Å². The first-order chi connectivity index (χ1) is 7.91. The molecule has 2 heteroatoms. The molecule has 17 heavy (non-hydrogen) atoms. The Balaban J connectivity index is 1.95. The van der Waals surface area contributed by atoms with Crippen LogP contribution in [0.2, 0.25) is 0 Å². The van der Waals surface area contributed by atoms with Crippen LogP contribution in [0.1, 0.15) is 53.4 Å². The van der Waals surface area contributed by atoms with Crippen molar-refractivity contribution in [2.45, 2.75) is 71.5 Å². The molecule has 0 aromatic heterocycles. The molecule has 2 heterocycles. The van der Waals surface area contributed by atoms with Gasteiger partial charge in [-0.2, -0.15) is 0 Å². The molecule has 2 rings (SSSR count). The third-order valence-corrected chi connectivity index (χ3v) is 5.26. The molecule has 2 saturated heterocycles. The fraction of sp³-hybridized carbons (Fsp3) is 1.00. The summed E-state index contributed by atoms with van der Waals surface area (Å²) < 4.78 is 0. The number of piperidine rings is 1. The summed E-state index contributed by atoms with van der Waals surface area (Å²) in [6.45, 7) is 10.8. The molecule has 0 aromatic rings. The van der Waals surface area contributed by atoms with Gasteiger partial charge in [0.25, 0.3) is 0 Å². The normalized spacial score (nSPS) is 36.2. The van der Waals surface area contributed by atoms with Crippen LogP contribution in [0, 0.1) is 11.3 Å². The van der Waals surface area contributed by atoms with Crippen molar-refractivity contribution in [3.63, 3.8) is 0 Å². The molecule has 3 atom stereocenters. The van der Waals surface area contributed by atoms with Gasteiger partial charge in [-0.3, -0.25) is 4.90 Å². The van der Waals surface area contributed by atoms with E-state index in [-0.39, 0.29) is 0 Å². The highest BCUT2D eigenvalue weighted by Crippen LogP contribution is 2.38. The lowest BCUT2D eigenvalue weighted by Crippen LogP contribution is -2.50. The first kappa shape index (κ1) is 13.4. The van der Waals surface area contributed by atoms with Crippen LogP contribution in [-0.2, 0) is 0 Å². The first-order valence-corrected chi connectivity index (χ1v) is 7.35. The van der Waals surface area contributed by atoms with Crippen LogP contribution in [-0.4, -0.2) is 36.6 Å². The summed E-state index contributed by atoms with van der Waals surface area (Å²) in [5.41, 5.74) is 0.444. The predicted octanol–water partition coefficient (Wildman–Crippen LogP) is 2.88. The van der Waals surface area contributed by atoms with E-state index < -0.39 is 0 Å². The second-order valence-electron chi connectivity index (χ2n) is 7.31. The fourth-order valence-corrected chi connectivity index (χ4v) is 3.40. The van der Waals surface area contributed by atoms with E-state index in [1.165, 1.54) is 32.2 Å². The lowest BCUT2D eigenvalue weighted by atomic mass is 9.81. The number of fused-ring (bicyclic) bond motifs is 2. The lowest BCUT2D eigenvalue weighted by molar-refractivity contribution is 0.0754. The van der Waals surface area contributed by atoms with Crippen molar-refractivity contribution in [2.75, 3.05) is 13.6 Å². The summed E-state index contributed by atoms with van der Waals surface area (Å²) >= 11 is 0. The Labute approximate surface area is 107 Å². The molecule has 0 aromatic carbocycles. The third kappa shape index (κ3) is 2.85. The quantitative estimate of drug-likeness (QED) is 0.813. The molecule has 0 amide bonds. The highest BCUT2D eigenvalue weighted by atomic mass is 15.2. The minimum absolute atomic E-state index is 0.444. The second-order valence-corrected chi connectivity index (χ2v) is 7.31. The molecule has 2 fully saturated rings. The maximum atomic E-state index is 3.48. The topological polar surface area (TPSA) is 15.3 Å². The zero-order valence-electron chi connectivity index (χ0n) is 12.3. The monoisotopic (exact) mass is 238 g/mol. The number of hydrogen-bond acceptors (Lipinski definition) is 2. The number of hydrogen-bond donors (Lipinski definition) is 1. The molecule has 0 saturated carbocycles. The third-order valence-electron chi connectivity index (χ3n) is 5.26. The highest BCUT2D eigenvalue weighted by molar-refractivity contribution is 4.98. The maximum absolute atomic E-state index is 3.48. The molecule has 0 aliphatic carbocycles. The molecule has 100 valence electrons. The van der Waals surface area contributed by atoms with Gasteiger partial charge in [0.1, 0.15) is 0 Å². The average molecular weight is 238 g/mol. The largest absolute Gasteiger partial charge is 0.317 e. The molecule has 2 bridgehead atoms. The standard InChI is InChI=1S/C15H30N2/c1-11(15(2,3)4)10-17-13-6-7-14(17)9-12(8-13)16-5/h11-14,16H,6-10H2,1-5H3. The molecule has 2 aliphatic rings. The van der Waals surface area contributed by atoms with Crippen LogP contribution in [0.4, 0.5) is 0 Å². The first-order valence-electron chi connectivity index (χ1n) is 7.35. The minimum atomic E-state index is 0.444. The Morgan fingerprint density at radius 3 is 2.12 bits per heavy atom. The Hall–Kier alpha value is -0.0800. The number of nitrogens with zero attached hydrogens (tertiary/aromatic N) is 1. The van der Waals surface area contributed by atoms with E-state index in [1.807, 2.05) is 0 Å². The molecular formula is C15H30N2. The molecule has 2 aliphatic heterocycles. The van der Waals surface area contributed by atoms with E-state index in [0.29, 0.717) is 5.41 Å². The Morgan fingerprint density at radius 1 is 1.18 bits per heavy atom. The zero-order chi connectivity index (χ0) is 12.6. The minimum Gasteiger partial charge on any atom is -0.317 e. The highest BCUT2D eigenvalue weighted by Gasteiger charge is 2.41. The van der Waals surface area contributed by atoms with Crippen LogP contribution < -0.4 is 5.32 Å². The smallest absolute Gasteiger partial charge is 0.0114 e. The molecule has 0 radical (unpaired) electrons. The van der Waals surface area contributed by atoms with Gasteiger partial charge in [0.15, 0.2) is 0 Å². The second kappa shape index (κ2) is 4.89. The fourth-order valence-electron chi connectivity index (χ4n) is 3.40. The van der Waals surface area contributed by atoms with E-state index in [9.17, 15) is 0 Å². The SMILES string of the molecule is CNC1CC2CCC(C1)N2CC(C)C(C)(C)C. The van der Waals surface area contributed by atoms with Crippen LogP contribution in [0.5, 0.6) is 0 Å². The average Bonchev–Trinajstić information content (AvgIpc) is 2.50. The van der Waals surface area contributed by atoms with Crippen molar-refractivity contribution in [3.8, 4) is 0 Å². The van der Waals surface area contributed by atoms with Crippen molar-refractivity contribution >= 4 is 0 Å². The molecule has 1 N–H and O–H groups in total. The van der Waals surface area contributed by atoms with Crippen LogP contribution in [0.15, 0.2) is 0 Å². The van der Waals surface area contributed by atoms with Crippen molar-refractivity contribution in [1.29, 1.82) is 0 Å². The summed E-state index contributed by atoms with van der Waals surface area (Å²) in [6, 6.07) is 2.49. The zero-order valence-corrected chi connectivity index (χ0v) is 12.3. The summed E-state index contributed by atoms with van der Waals surface area (Å²) in [5.74, 6) is 0.789. The van der Waals surface area contributed by atoms with Gasteiger partial charge in [0.2, 0.25) is 0 Å². The van der Waals surface area contributed by atoms with E-state index in [0.717, 1.165) is 24.0 Å². The number of nitrogens with one attached hydrogen (secondary N) is 1. The van der Waals surface area contributed by atoms with E-state index >= 15 is 0 Å². The summed E-state index contributed by atoms with van der Waals surface area (Å²) in [6.07, 6.45) is 5.59. The molecule has 2 nitrogen and oxygen atoms in total. The van der Waals surface area contributed by atoms with Gasteiger partial charge in [-0.15, -0.1) is 0 Å². The van der Waals surface area contributed by atoms with Crippen LogP contribution >= 0.6 is 0 Å². The van der Waals surface area contributed by atoms with Gasteiger partial charge in [0, 0.05) is 24.7 Å². The lowest BCUT2D eigenvalue weighted by Gasteiger charge is -2.42. The van der Waals surface area contributed by atoms with E-state index in [4.69, 9.17) is 0 Å². The molecule has 3 unspecified atom stereocenters. The van der Waals surface area contributed by atoms with Gasteiger partial charge in [-0.05, 0) is 44.1 Å². The Bertz CT molecular complexity index is 242. The van der Waals surface area contributed by atoms with Gasteiger partial charge in [0.05, 0.1) is 0 Å². The van der Waals surface area contributed by atoms with Crippen LogP contribution in [0.3, 0.4) is 0 Å². The summed E-state index contributed by atoms with van der Waals surface area (Å²) in [7, 11) is 2.12. The van der Waals surface area contributed by atoms with Gasteiger partial charge in [-0.25, -0.2) is 0 Å². The van der Waals surface area contributed by atoms with Gasteiger partial charge in [-0.1, -0.05) is 27.7 Å². The van der Waals surface area contributed by atoms with E-state index in [2.05, 4.69) is 45.0 Å². The summed E-state index contributed by atoms with van der Waals surface area (Å²) in [4.78, 5) is 2.82. The van der Waals surface area contributed by atoms with Gasteiger partial charge >= 0.3 is 0 Å². The van der Waals surface area contributed by atoms with Crippen molar-refractivity contribution in [1.82, 2.24) is 10.2 Å². The Kier molecular flexibility index (Phi) is 3.84. The van der Waals surface area contributed by atoms with Crippen molar-refractivity contribution < 1.29 is 0 Å². The molecule has 0 spiro atoms. The predicted molar refractivity (Wildman–Crippen MR) is 74.2 cm³/mol. The van der Waals surface area contributed by atoms with Crippen LogP contribution in [0.25, 0.3) is 0 Å². The van der Waals surface area contributed by atoms with Gasteiger partial charge < -0.3 is 5.32 Å². The maximum Gasteiger partial charge on any atom is 0.0114 e.